The average Bonchev–Trinajstić information content (AvgIpc) is 3.05. The number of hydrogen-bond donors (Lipinski definition) is 1. The average molecular weight is 240 g/mol. The third kappa shape index (κ3) is 6.42. The molecular formula is C15H32N2. The molecule has 0 aliphatic heterocycles. The molecule has 102 valence electrons. The molecule has 1 saturated carbocycles. The highest BCUT2D eigenvalue weighted by Crippen LogP contribution is 2.26. The predicted molar refractivity (Wildman–Crippen MR) is 76.4 cm³/mol. The third-order valence-electron chi connectivity index (χ3n) is 3.92. The van der Waals surface area contributed by atoms with Crippen LogP contribution in [0, 0.1) is 11.8 Å². The van der Waals surface area contributed by atoms with Gasteiger partial charge in [0.05, 0.1) is 0 Å². The van der Waals surface area contributed by atoms with E-state index in [2.05, 4.69) is 44.8 Å². The molecule has 0 heterocycles. The minimum Gasteiger partial charge on any atom is -0.313 e. The van der Waals surface area contributed by atoms with Gasteiger partial charge in [-0.3, -0.25) is 4.90 Å². The Labute approximate surface area is 108 Å². The van der Waals surface area contributed by atoms with Gasteiger partial charge in [-0.25, -0.2) is 0 Å². The van der Waals surface area contributed by atoms with Crippen molar-refractivity contribution in [1.29, 1.82) is 0 Å². The molecular weight excluding hydrogens is 208 g/mol. The van der Waals surface area contributed by atoms with E-state index in [1.165, 1.54) is 32.4 Å². The molecule has 1 fully saturated rings. The van der Waals surface area contributed by atoms with Gasteiger partial charge >= 0.3 is 0 Å². The molecule has 0 radical (unpaired) electrons. The normalized spacial score (nSPS) is 18.4. The largest absolute Gasteiger partial charge is 0.313 e. The van der Waals surface area contributed by atoms with Crippen LogP contribution in [0.5, 0.6) is 0 Å². The lowest BCUT2D eigenvalue weighted by Crippen LogP contribution is -2.39. The van der Waals surface area contributed by atoms with Gasteiger partial charge in [0.2, 0.25) is 0 Å². The monoisotopic (exact) mass is 240 g/mol. The van der Waals surface area contributed by atoms with E-state index in [0.29, 0.717) is 6.04 Å². The number of nitrogens with one attached hydrogen (secondary N) is 1. The molecule has 0 aromatic carbocycles. The molecule has 0 aromatic heterocycles. The summed E-state index contributed by atoms with van der Waals surface area (Å²) in [6, 6.07) is 1.55. The Morgan fingerprint density at radius 1 is 1.06 bits per heavy atom. The van der Waals surface area contributed by atoms with Gasteiger partial charge in [-0.2, -0.15) is 0 Å². The first-order valence-electron chi connectivity index (χ1n) is 7.48. The van der Waals surface area contributed by atoms with Crippen molar-refractivity contribution in [1.82, 2.24) is 10.2 Å². The summed E-state index contributed by atoms with van der Waals surface area (Å²) >= 11 is 0. The summed E-state index contributed by atoms with van der Waals surface area (Å²) < 4.78 is 0. The van der Waals surface area contributed by atoms with Crippen molar-refractivity contribution in [3.8, 4) is 0 Å². The van der Waals surface area contributed by atoms with Crippen LogP contribution >= 0.6 is 0 Å². The van der Waals surface area contributed by atoms with Crippen LogP contribution in [0.2, 0.25) is 0 Å². The summed E-state index contributed by atoms with van der Waals surface area (Å²) in [5.41, 5.74) is 0. The maximum Gasteiger partial charge on any atom is 0.0110 e. The predicted octanol–water partition coefficient (Wildman–Crippen LogP) is 3.13. The van der Waals surface area contributed by atoms with Gasteiger partial charge in [-0.1, -0.05) is 27.7 Å². The Morgan fingerprint density at radius 3 is 2.18 bits per heavy atom. The molecule has 1 aliphatic rings. The van der Waals surface area contributed by atoms with Crippen LogP contribution in [0.3, 0.4) is 0 Å². The summed E-state index contributed by atoms with van der Waals surface area (Å²) in [5.74, 6) is 1.57. The molecule has 2 heteroatoms. The third-order valence-corrected chi connectivity index (χ3v) is 3.92. The molecule has 1 atom stereocenters. The summed E-state index contributed by atoms with van der Waals surface area (Å²) in [5, 5.41) is 3.64. The maximum absolute atomic E-state index is 3.64. The van der Waals surface area contributed by atoms with Gasteiger partial charge in [0.1, 0.15) is 0 Å². The fraction of sp³-hybridized carbons (Fsp3) is 1.00. The van der Waals surface area contributed by atoms with Crippen molar-refractivity contribution in [2.24, 2.45) is 11.8 Å². The summed E-state index contributed by atoms with van der Waals surface area (Å²) in [4.78, 5) is 2.69. The molecule has 0 amide bonds. The molecule has 0 bridgehead atoms. The SMILES string of the molecule is CC(C)CCN(CCNC(C)C(C)C)C1CC1. The molecule has 0 saturated heterocycles. The van der Waals surface area contributed by atoms with Crippen molar-refractivity contribution in [2.45, 2.75) is 66.0 Å². The van der Waals surface area contributed by atoms with Gasteiger partial charge in [0.15, 0.2) is 0 Å². The van der Waals surface area contributed by atoms with Gasteiger partial charge in [0, 0.05) is 25.2 Å². The quantitative estimate of drug-likeness (QED) is 0.666. The summed E-state index contributed by atoms with van der Waals surface area (Å²) in [6.07, 6.45) is 4.20. The van der Waals surface area contributed by atoms with Gasteiger partial charge in [-0.15, -0.1) is 0 Å². The second-order valence-corrected chi connectivity index (χ2v) is 6.44. The molecule has 2 nitrogen and oxygen atoms in total. The summed E-state index contributed by atoms with van der Waals surface area (Å²) in [6.45, 7) is 15.2. The second-order valence-electron chi connectivity index (χ2n) is 6.44. The van der Waals surface area contributed by atoms with Gasteiger partial charge in [-0.05, 0) is 44.6 Å². The van der Waals surface area contributed by atoms with E-state index in [4.69, 9.17) is 0 Å². The number of nitrogens with zero attached hydrogens (tertiary/aromatic N) is 1. The van der Waals surface area contributed by atoms with E-state index in [1.54, 1.807) is 0 Å². The minimum absolute atomic E-state index is 0.640. The molecule has 1 rings (SSSR count). The Morgan fingerprint density at radius 2 is 1.71 bits per heavy atom. The fourth-order valence-electron chi connectivity index (χ4n) is 2.01. The Kier molecular flexibility index (Phi) is 6.50. The molecule has 17 heavy (non-hydrogen) atoms. The lowest BCUT2D eigenvalue weighted by Gasteiger charge is -2.25. The smallest absolute Gasteiger partial charge is 0.0110 e. The first kappa shape index (κ1) is 15.0. The maximum atomic E-state index is 3.64. The van der Waals surface area contributed by atoms with Crippen LogP contribution in [0.15, 0.2) is 0 Å². The van der Waals surface area contributed by atoms with E-state index in [9.17, 15) is 0 Å². The van der Waals surface area contributed by atoms with Crippen LogP contribution in [0.25, 0.3) is 0 Å². The Bertz CT molecular complexity index is 197. The first-order chi connectivity index (χ1) is 8.00. The fourth-order valence-corrected chi connectivity index (χ4v) is 2.01. The van der Waals surface area contributed by atoms with E-state index in [-0.39, 0.29) is 0 Å². The summed E-state index contributed by atoms with van der Waals surface area (Å²) in [7, 11) is 0. The van der Waals surface area contributed by atoms with E-state index in [0.717, 1.165) is 24.4 Å². The molecule has 0 aromatic rings. The Balaban J connectivity index is 2.16. The lowest BCUT2D eigenvalue weighted by atomic mass is 10.1. The van der Waals surface area contributed by atoms with E-state index >= 15 is 0 Å². The first-order valence-corrected chi connectivity index (χ1v) is 7.48. The molecule has 1 N–H and O–H groups in total. The van der Waals surface area contributed by atoms with Crippen molar-refractivity contribution in [2.75, 3.05) is 19.6 Å². The lowest BCUT2D eigenvalue weighted by molar-refractivity contribution is 0.241. The van der Waals surface area contributed by atoms with Gasteiger partial charge in [0.25, 0.3) is 0 Å². The number of rotatable bonds is 9. The van der Waals surface area contributed by atoms with Crippen LogP contribution in [-0.2, 0) is 0 Å². The second kappa shape index (κ2) is 7.38. The zero-order chi connectivity index (χ0) is 12.8. The van der Waals surface area contributed by atoms with Crippen LogP contribution < -0.4 is 5.32 Å². The number of hydrogen-bond acceptors (Lipinski definition) is 2. The zero-order valence-electron chi connectivity index (χ0n) is 12.5. The van der Waals surface area contributed by atoms with Crippen molar-refractivity contribution < 1.29 is 0 Å². The highest BCUT2D eigenvalue weighted by molar-refractivity contribution is 4.85. The molecule has 1 aliphatic carbocycles. The highest BCUT2D eigenvalue weighted by Gasteiger charge is 2.28. The molecule has 0 spiro atoms. The van der Waals surface area contributed by atoms with E-state index in [1.807, 2.05) is 0 Å². The molecule has 1 unspecified atom stereocenters. The van der Waals surface area contributed by atoms with Crippen molar-refractivity contribution in [3.63, 3.8) is 0 Å². The van der Waals surface area contributed by atoms with Crippen LogP contribution in [0.4, 0.5) is 0 Å². The van der Waals surface area contributed by atoms with Crippen LogP contribution in [0.1, 0.15) is 53.9 Å². The van der Waals surface area contributed by atoms with Gasteiger partial charge < -0.3 is 5.32 Å². The zero-order valence-corrected chi connectivity index (χ0v) is 12.5. The minimum atomic E-state index is 0.640. The van der Waals surface area contributed by atoms with Crippen LogP contribution in [-0.4, -0.2) is 36.6 Å². The topological polar surface area (TPSA) is 15.3 Å². The van der Waals surface area contributed by atoms with E-state index < -0.39 is 0 Å². The van der Waals surface area contributed by atoms with Crippen molar-refractivity contribution in [3.05, 3.63) is 0 Å². The standard InChI is InChI=1S/C15H32N2/c1-12(2)8-10-17(15-6-7-15)11-9-16-14(5)13(3)4/h12-16H,6-11H2,1-5H3. The highest BCUT2D eigenvalue weighted by atomic mass is 15.2. The Hall–Kier alpha value is -0.0800. The van der Waals surface area contributed by atoms with Crippen molar-refractivity contribution >= 4 is 0 Å².